The van der Waals surface area contributed by atoms with Crippen LogP contribution in [0.15, 0.2) is 18.2 Å². The first kappa shape index (κ1) is 12.3. The predicted molar refractivity (Wildman–Crippen MR) is 74.3 cm³/mol. The zero-order valence-electron chi connectivity index (χ0n) is 10.8. The Kier molecular flexibility index (Phi) is 2.83. The van der Waals surface area contributed by atoms with Gasteiger partial charge in [-0.25, -0.2) is 0 Å². The molecule has 3 fully saturated rings. The van der Waals surface area contributed by atoms with Gasteiger partial charge < -0.3 is 10.5 Å². The van der Waals surface area contributed by atoms with Gasteiger partial charge >= 0.3 is 0 Å². The van der Waals surface area contributed by atoms with E-state index in [4.69, 9.17) is 22.1 Å². The van der Waals surface area contributed by atoms with E-state index < -0.39 is 0 Å². The van der Waals surface area contributed by atoms with E-state index in [1.54, 1.807) is 7.11 Å². The highest BCUT2D eigenvalue weighted by Crippen LogP contribution is 2.53. The number of rotatable bonds is 2. The molecule has 0 aliphatic heterocycles. The van der Waals surface area contributed by atoms with Crippen LogP contribution in [0.5, 0.6) is 5.75 Å². The van der Waals surface area contributed by atoms with Crippen LogP contribution >= 0.6 is 11.6 Å². The molecule has 18 heavy (non-hydrogen) atoms. The first-order valence-corrected chi connectivity index (χ1v) is 7.08. The van der Waals surface area contributed by atoms with Crippen molar-refractivity contribution in [1.82, 2.24) is 0 Å². The van der Waals surface area contributed by atoms with Gasteiger partial charge in [0.1, 0.15) is 5.75 Å². The fraction of sp³-hybridized carbons (Fsp3) is 0.600. The van der Waals surface area contributed by atoms with Gasteiger partial charge in [0.2, 0.25) is 0 Å². The van der Waals surface area contributed by atoms with Crippen LogP contribution in [0.4, 0.5) is 0 Å². The van der Waals surface area contributed by atoms with E-state index in [9.17, 15) is 0 Å². The van der Waals surface area contributed by atoms with Gasteiger partial charge in [-0.15, -0.1) is 0 Å². The van der Waals surface area contributed by atoms with E-state index in [2.05, 4.69) is 12.1 Å². The van der Waals surface area contributed by atoms with Crippen molar-refractivity contribution in [3.05, 3.63) is 28.8 Å². The molecule has 0 saturated heterocycles. The standard InChI is InChI=1S/C15H20ClNO/c1-18-13-3-2-11(10-12(13)16)14-4-7-15(17,8-5-14)9-6-14/h2-3,10H,4-9,17H2,1H3. The highest BCUT2D eigenvalue weighted by Gasteiger charge is 2.47. The lowest BCUT2D eigenvalue weighted by atomic mass is 9.55. The van der Waals surface area contributed by atoms with Crippen molar-refractivity contribution in [2.75, 3.05) is 7.11 Å². The zero-order valence-corrected chi connectivity index (χ0v) is 11.6. The van der Waals surface area contributed by atoms with Crippen molar-refractivity contribution in [3.8, 4) is 5.75 Å². The second-order valence-electron chi connectivity index (χ2n) is 5.99. The molecule has 1 aromatic rings. The molecule has 0 aromatic heterocycles. The molecule has 2 bridgehead atoms. The Labute approximate surface area is 113 Å². The van der Waals surface area contributed by atoms with Gasteiger partial charge in [0.15, 0.2) is 0 Å². The number of hydrogen-bond donors (Lipinski definition) is 1. The topological polar surface area (TPSA) is 35.2 Å². The SMILES string of the molecule is COc1ccc(C23CCC(N)(CC2)CC3)cc1Cl. The van der Waals surface area contributed by atoms with Crippen molar-refractivity contribution < 1.29 is 4.74 Å². The van der Waals surface area contributed by atoms with E-state index >= 15 is 0 Å². The van der Waals surface area contributed by atoms with E-state index in [0.29, 0.717) is 5.41 Å². The average molecular weight is 266 g/mol. The van der Waals surface area contributed by atoms with E-state index in [-0.39, 0.29) is 5.54 Å². The fourth-order valence-corrected chi connectivity index (χ4v) is 3.90. The third-order valence-corrected chi connectivity index (χ3v) is 5.36. The monoisotopic (exact) mass is 265 g/mol. The summed E-state index contributed by atoms with van der Waals surface area (Å²) in [6, 6.07) is 6.26. The molecule has 1 aromatic carbocycles. The Morgan fingerprint density at radius 2 is 1.72 bits per heavy atom. The quantitative estimate of drug-likeness (QED) is 0.886. The van der Waals surface area contributed by atoms with Gasteiger partial charge in [-0.1, -0.05) is 17.7 Å². The van der Waals surface area contributed by atoms with E-state index in [0.717, 1.165) is 30.0 Å². The Morgan fingerprint density at radius 3 is 2.22 bits per heavy atom. The van der Waals surface area contributed by atoms with Gasteiger partial charge in [-0.05, 0) is 61.6 Å². The first-order valence-electron chi connectivity index (χ1n) is 6.70. The molecular weight excluding hydrogens is 246 g/mol. The molecule has 0 radical (unpaired) electrons. The average Bonchev–Trinajstić information content (AvgIpc) is 2.40. The highest BCUT2D eigenvalue weighted by atomic mass is 35.5. The summed E-state index contributed by atoms with van der Waals surface area (Å²) in [6.45, 7) is 0. The largest absolute Gasteiger partial charge is 0.495 e. The fourth-order valence-electron chi connectivity index (χ4n) is 3.64. The number of nitrogens with two attached hydrogens (primary N) is 1. The van der Waals surface area contributed by atoms with E-state index in [1.165, 1.54) is 24.8 Å². The molecule has 2 N–H and O–H groups in total. The molecule has 2 nitrogen and oxygen atoms in total. The Morgan fingerprint density at radius 1 is 1.11 bits per heavy atom. The summed E-state index contributed by atoms with van der Waals surface area (Å²) in [7, 11) is 1.66. The van der Waals surface area contributed by atoms with Crippen LogP contribution in [-0.4, -0.2) is 12.6 Å². The van der Waals surface area contributed by atoms with Crippen LogP contribution in [0.3, 0.4) is 0 Å². The minimum Gasteiger partial charge on any atom is -0.495 e. The molecular formula is C15H20ClNO. The van der Waals surface area contributed by atoms with Crippen molar-refractivity contribution in [2.24, 2.45) is 5.73 Å². The zero-order chi connectivity index (χ0) is 12.8. The van der Waals surface area contributed by atoms with Crippen molar-refractivity contribution in [3.63, 3.8) is 0 Å². The molecule has 3 saturated carbocycles. The summed E-state index contributed by atoms with van der Waals surface area (Å²) in [5.74, 6) is 0.761. The molecule has 3 aliphatic carbocycles. The number of ether oxygens (including phenoxy) is 1. The lowest BCUT2D eigenvalue weighted by Gasteiger charge is -2.52. The molecule has 0 heterocycles. The molecule has 3 heteroatoms. The smallest absolute Gasteiger partial charge is 0.137 e. The molecule has 3 aliphatic rings. The summed E-state index contributed by atoms with van der Waals surface area (Å²) in [6.07, 6.45) is 7.05. The van der Waals surface area contributed by atoms with Gasteiger partial charge in [-0.3, -0.25) is 0 Å². The van der Waals surface area contributed by atoms with Crippen LogP contribution in [0.25, 0.3) is 0 Å². The van der Waals surface area contributed by atoms with Gasteiger partial charge in [-0.2, -0.15) is 0 Å². The molecule has 4 rings (SSSR count). The second kappa shape index (κ2) is 4.14. The number of benzene rings is 1. The van der Waals surface area contributed by atoms with E-state index in [1.807, 2.05) is 6.07 Å². The number of fused-ring (bicyclic) bond motifs is 3. The number of halogens is 1. The second-order valence-corrected chi connectivity index (χ2v) is 6.40. The molecule has 0 amide bonds. The van der Waals surface area contributed by atoms with Gasteiger partial charge in [0.25, 0.3) is 0 Å². The van der Waals surface area contributed by atoms with Crippen LogP contribution < -0.4 is 10.5 Å². The number of hydrogen-bond acceptors (Lipinski definition) is 2. The summed E-state index contributed by atoms with van der Waals surface area (Å²) >= 11 is 6.26. The summed E-state index contributed by atoms with van der Waals surface area (Å²) in [5, 5.41) is 0.722. The van der Waals surface area contributed by atoms with Crippen LogP contribution in [-0.2, 0) is 5.41 Å². The first-order chi connectivity index (χ1) is 8.57. The lowest BCUT2D eigenvalue weighted by molar-refractivity contribution is 0.107. The van der Waals surface area contributed by atoms with Crippen LogP contribution in [0, 0.1) is 0 Å². The normalized spacial score (nSPS) is 34.6. The Hall–Kier alpha value is -0.730. The minimum atomic E-state index is 0.123. The van der Waals surface area contributed by atoms with Crippen LogP contribution in [0.1, 0.15) is 44.1 Å². The third kappa shape index (κ3) is 1.83. The molecule has 98 valence electrons. The van der Waals surface area contributed by atoms with Crippen molar-refractivity contribution in [1.29, 1.82) is 0 Å². The summed E-state index contributed by atoms with van der Waals surface area (Å²) < 4.78 is 5.23. The van der Waals surface area contributed by atoms with Gasteiger partial charge in [0, 0.05) is 5.54 Å². The maximum absolute atomic E-state index is 6.36. The van der Waals surface area contributed by atoms with Gasteiger partial charge in [0.05, 0.1) is 12.1 Å². The molecule has 0 spiro atoms. The van der Waals surface area contributed by atoms with Crippen molar-refractivity contribution >= 4 is 11.6 Å². The minimum absolute atomic E-state index is 0.123. The Bertz CT molecular complexity index is 447. The maximum Gasteiger partial charge on any atom is 0.137 e. The Balaban J connectivity index is 1.93. The molecule has 0 unspecified atom stereocenters. The molecule has 0 atom stereocenters. The number of methoxy groups -OCH3 is 1. The third-order valence-electron chi connectivity index (χ3n) is 5.07. The predicted octanol–water partition coefficient (Wildman–Crippen LogP) is 3.65. The summed E-state index contributed by atoms with van der Waals surface area (Å²) in [5.41, 5.74) is 8.17. The summed E-state index contributed by atoms with van der Waals surface area (Å²) in [4.78, 5) is 0. The lowest BCUT2D eigenvalue weighted by Crippen LogP contribution is -2.53. The highest BCUT2D eigenvalue weighted by molar-refractivity contribution is 6.32. The van der Waals surface area contributed by atoms with Crippen LogP contribution in [0.2, 0.25) is 5.02 Å². The van der Waals surface area contributed by atoms with Crippen molar-refractivity contribution in [2.45, 2.75) is 49.5 Å². The maximum atomic E-state index is 6.36.